The van der Waals surface area contributed by atoms with Gasteiger partial charge in [-0.2, -0.15) is 0 Å². The highest BCUT2D eigenvalue weighted by Gasteiger charge is 2.28. The number of sulfone groups is 1. The van der Waals surface area contributed by atoms with Gasteiger partial charge in [0, 0.05) is 0 Å². The molecule has 1 aliphatic rings. The maximum Gasteiger partial charge on any atom is 0.161 e. The third kappa shape index (κ3) is 4.25. The van der Waals surface area contributed by atoms with Gasteiger partial charge >= 0.3 is 0 Å². The molecule has 0 unspecified atom stereocenters. The summed E-state index contributed by atoms with van der Waals surface area (Å²) in [4.78, 5) is 2.37. The molecule has 0 aliphatic carbocycles. The minimum Gasteiger partial charge on any atom is -0.303 e. The van der Waals surface area contributed by atoms with Crippen LogP contribution in [0.1, 0.15) is 35.6 Å². The average Bonchev–Trinajstić information content (AvgIpc) is 3.10. The third-order valence-electron chi connectivity index (χ3n) is 4.67. The molecule has 0 bridgehead atoms. The molecule has 2 aromatic rings. The van der Waals surface area contributed by atoms with Crippen molar-refractivity contribution in [1.29, 1.82) is 0 Å². The van der Waals surface area contributed by atoms with Gasteiger partial charge in [0.1, 0.15) is 5.25 Å². The Hall–Kier alpha value is -1.65. The van der Waals surface area contributed by atoms with E-state index in [1.165, 1.54) is 12.8 Å². The van der Waals surface area contributed by atoms with Crippen LogP contribution in [0.15, 0.2) is 60.7 Å². The second kappa shape index (κ2) is 7.95. The van der Waals surface area contributed by atoms with Crippen LogP contribution in [0.3, 0.4) is 0 Å². The zero-order valence-electron chi connectivity index (χ0n) is 14.0. The fourth-order valence-electron chi connectivity index (χ4n) is 3.48. The van der Waals surface area contributed by atoms with Crippen molar-refractivity contribution in [3.63, 3.8) is 0 Å². The molecule has 0 saturated carbocycles. The van der Waals surface area contributed by atoms with Crippen molar-refractivity contribution in [2.75, 3.05) is 25.4 Å². The summed E-state index contributed by atoms with van der Waals surface area (Å²) >= 11 is 0. The monoisotopic (exact) mass is 343 g/mol. The highest BCUT2D eigenvalue weighted by molar-refractivity contribution is 7.91. The van der Waals surface area contributed by atoms with Crippen molar-refractivity contribution in [3.8, 4) is 0 Å². The molecule has 2 aromatic carbocycles. The molecule has 1 saturated heterocycles. The highest BCUT2D eigenvalue weighted by atomic mass is 32.2. The Morgan fingerprint density at radius 3 is 1.83 bits per heavy atom. The van der Waals surface area contributed by atoms with Crippen LogP contribution in [0.5, 0.6) is 0 Å². The molecule has 0 spiro atoms. The maximum absolute atomic E-state index is 13.1. The van der Waals surface area contributed by atoms with E-state index in [0.29, 0.717) is 6.42 Å². The lowest BCUT2D eigenvalue weighted by atomic mass is 10.0. The number of likely N-dealkylation sites (tertiary alicyclic amines) is 1. The molecule has 4 heteroatoms. The van der Waals surface area contributed by atoms with Crippen LogP contribution in [0.25, 0.3) is 0 Å². The first-order valence-corrected chi connectivity index (χ1v) is 10.4. The first kappa shape index (κ1) is 17.2. The van der Waals surface area contributed by atoms with E-state index in [2.05, 4.69) is 4.90 Å². The zero-order chi connectivity index (χ0) is 16.8. The predicted molar refractivity (Wildman–Crippen MR) is 98.8 cm³/mol. The van der Waals surface area contributed by atoms with Gasteiger partial charge in [0.15, 0.2) is 9.84 Å². The van der Waals surface area contributed by atoms with Crippen molar-refractivity contribution in [2.45, 2.75) is 24.5 Å². The molecule has 0 radical (unpaired) electrons. The summed E-state index contributed by atoms with van der Waals surface area (Å²) < 4.78 is 26.2. The molecule has 0 amide bonds. The van der Waals surface area contributed by atoms with Gasteiger partial charge in [0.25, 0.3) is 0 Å². The van der Waals surface area contributed by atoms with Crippen LogP contribution in [0.4, 0.5) is 0 Å². The minimum atomic E-state index is -3.25. The molecule has 24 heavy (non-hydrogen) atoms. The molecular formula is C20H25NO2S. The van der Waals surface area contributed by atoms with Gasteiger partial charge in [-0.1, -0.05) is 60.7 Å². The lowest BCUT2D eigenvalue weighted by Crippen LogP contribution is -2.24. The maximum atomic E-state index is 13.1. The Balaban J connectivity index is 1.79. The van der Waals surface area contributed by atoms with Gasteiger partial charge in [-0.25, -0.2) is 8.42 Å². The average molecular weight is 343 g/mol. The van der Waals surface area contributed by atoms with Crippen molar-refractivity contribution in [1.82, 2.24) is 4.90 Å². The molecule has 1 heterocycles. The first-order valence-electron chi connectivity index (χ1n) is 8.71. The Kier molecular flexibility index (Phi) is 5.69. The molecule has 3 nitrogen and oxygen atoms in total. The van der Waals surface area contributed by atoms with E-state index in [-0.39, 0.29) is 5.75 Å². The van der Waals surface area contributed by atoms with Crippen LogP contribution >= 0.6 is 0 Å². The van der Waals surface area contributed by atoms with Crippen molar-refractivity contribution < 1.29 is 8.42 Å². The van der Waals surface area contributed by atoms with E-state index in [4.69, 9.17) is 0 Å². The molecular weight excluding hydrogens is 318 g/mol. The Labute approximate surface area is 145 Å². The lowest BCUT2D eigenvalue weighted by molar-refractivity contribution is 0.340. The molecule has 0 aromatic heterocycles. The van der Waals surface area contributed by atoms with E-state index in [9.17, 15) is 8.42 Å². The van der Waals surface area contributed by atoms with Gasteiger partial charge in [-0.05, 0) is 50.0 Å². The highest BCUT2D eigenvalue weighted by Crippen LogP contribution is 2.31. The second-order valence-corrected chi connectivity index (χ2v) is 8.68. The Morgan fingerprint density at radius 1 is 0.833 bits per heavy atom. The molecule has 1 fully saturated rings. The van der Waals surface area contributed by atoms with Gasteiger partial charge < -0.3 is 4.90 Å². The molecule has 0 N–H and O–H groups in total. The standard InChI is InChI=1S/C20H25NO2S/c22-24(23,17-9-16-21-14-7-8-15-21)20(18-10-3-1-4-11-18)19-12-5-2-6-13-19/h1-6,10-13,20H,7-9,14-17H2. The van der Waals surface area contributed by atoms with Gasteiger partial charge in [-0.15, -0.1) is 0 Å². The summed E-state index contributed by atoms with van der Waals surface area (Å²) in [5.74, 6) is 0.234. The largest absolute Gasteiger partial charge is 0.303 e. The first-order chi connectivity index (χ1) is 11.7. The lowest BCUT2D eigenvalue weighted by Gasteiger charge is -2.20. The van der Waals surface area contributed by atoms with Crippen molar-refractivity contribution in [3.05, 3.63) is 71.8 Å². The van der Waals surface area contributed by atoms with Crippen LogP contribution in [0.2, 0.25) is 0 Å². The Bertz CT molecular complexity index is 683. The van der Waals surface area contributed by atoms with Gasteiger partial charge in [-0.3, -0.25) is 0 Å². The number of benzene rings is 2. The quantitative estimate of drug-likeness (QED) is 0.770. The van der Waals surface area contributed by atoms with Crippen LogP contribution in [0, 0.1) is 0 Å². The van der Waals surface area contributed by atoms with Gasteiger partial charge in [0.05, 0.1) is 5.75 Å². The number of hydrogen-bond donors (Lipinski definition) is 0. The SMILES string of the molecule is O=S(=O)(CCCN1CCCC1)C(c1ccccc1)c1ccccc1. The van der Waals surface area contributed by atoms with Crippen LogP contribution in [-0.4, -0.2) is 38.7 Å². The van der Waals surface area contributed by atoms with Crippen molar-refractivity contribution in [2.24, 2.45) is 0 Å². The number of rotatable bonds is 7. The van der Waals surface area contributed by atoms with Crippen molar-refractivity contribution >= 4 is 9.84 Å². The van der Waals surface area contributed by atoms with E-state index in [0.717, 1.165) is 30.8 Å². The van der Waals surface area contributed by atoms with E-state index >= 15 is 0 Å². The molecule has 128 valence electrons. The van der Waals surface area contributed by atoms with E-state index in [1.807, 2.05) is 60.7 Å². The zero-order valence-corrected chi connectivity index (χ0v) is 14.8. The third-order valence-corrected chi connectivity index (χ3v) is 6.79. The molecule has 0 atom stereocenters. The summed E-state index contributed by atoms with van der Waals surface area (Å²) in [6.07, 6.45) is 3.19. The minimum absolute atomic E-state index is 0.234. The number of hydrogen-bond acceptors (Lipinski definition) is 3. The summed E-state index contributed by atoms with van der Waals surface area (Å²) in [6, 6.07) is 19.1. The van der Waals surface area contributed by atoms with E-state index < -0.39 is 15.1 Å². The summed E-state index contributed by atoms with van der Waals surface area (Å²) in [5.41, 5.74) is 1.70. The second-order valence-electron chi connectivity index (χ2n) is 6.47. The van der Waals surface area contributed by atoms with Crippen LogP contribution in [-0.2, 0) is 9.84 Å². The topological polar surface area (TPSA) is 37.4 Å². The van der Waals surface area contributed by atoms with E-state index in [1.54, 1.807) is 0 Å². The Morgan fingerprint density at radius 2 is 1.33 bits per heavy atom. The molecule has 1 aliphatic heterocycles. The summed E-state index contributed by atoms with van der Waals surface area (Å²) in [6.45, 7) is 3.11. The normalized spacial score (nSPS) is 15.9. The smallest absolute Gasteiger partial charge is 0.161 e. The van der Waals surface area contributed by atoms with Crippen LogP contribution < -0.4 is 0 Å². The summed E-state index contributed by atoms with van der Waals surface area (Å²) in [7, 11) is -3.25. The fraction of sp³-hybridized carbons (Fsp3) is 0.400. The molecule has 3 rings (SSSR count). The summed E-state index contributed by atoms with van der Waals surface area (Å²) in [5, 5.41) is -0.571. The fourth-order valence-corrected chi connectivity index (χ4v) is 5.39. The van der Waals surface area contributed by atoms with Gasteiger partial charge in [0.2, 0.25) is 0 Å². The predicted octanol–water partition coefficient (Wildman–Crippen LogP) is 3.68. The number of nitrogens with zero attached hydrogens (tertiary/aromatic N) is 1.